The molecule has 2 atom stereocenters. The van der Waals surface area contributed by atoms with Gasteiger partial charge in [-0.1, -0.05) is 19.8 Å². The van der Waals surface area contributed by atoms with Gasteiger partial charge < -0.3 is 39.6 Å². The smallest absolute Gasteiger partial charge is 0.776 e. The zero-order valence-electron chi connectivity index (χ0n) is 12.6. The van der Waals surface area contributed by atoms with Gasteiger partial charge in [-0.3, -0.25) is 4.57 Å². The number of nitrogens with zero attached hydrogens (tertiary/aromatic N) is 1. The third-order valence-corrected chi connectivity index (χ3v) is 6.72. The molecule has 0 bridgehead atoms. The van der Waals surface area contributed by atoms with Crippen LogP contribution in [0.2, 0.25) is 0 Å². The van der Waals surface area contributed by atoms with Crippen LogP contribution in [0.5, 0.6) is 0 Å². The number of hydrogen-bond donors (Lipinski definition) is 4. The van der Waals surface area contributed by atoms with Crippen molar-refractivity contribution < 1.29 is 68.8 Å². The van der Waals surface area contributed by atoms with E-state index in [1.54, 1.807) is 11.9 Å². The molecule has 0 spiro atoms. The van der Waals surface area contributed by atoms with Crippen molar-refractivity contribution in [2.24, 2.45) is 0 Å². The van der Waals surface area contributed by atoms with Crippen LogP contribution in [0.3, 0.4) is 0 Å². The minimum absolute atomic E-state index is 0. The summed E-state index contributed by atoms with van der Waals surface area (Å²) in [6.45, 7) is 2.57. The molecule has 0 aromatic rings. The van der Waals surface area contributed by atoms with Gasteiger partial charge in [0.15, 0.2) is 7.60 Å². The quantitative estimate of drug-likeness (QED) is 0.183. The molecule has 0 heterocycles. The molecule has 0 saturated carbocycles. The molecular weight excluding hydrogens is 335 g/mol. The first-order valence-electron chi connectivity index (χ1n) is 5.96. The van der Waals surface area contributed by atoms with Crippen LogP contribution >= 0.6 is 15.2 Å². The molecule has 9 nitrogen and oxygen atoms in total. The summed E-state index contributed by atoms with van der Waals surface area (Å²) in [5, 5.41) is 6.17. The Morgan fingerprint density at radius 1 is 1.14 bits per heavy atom. The van der Waals surface area contributed by atoms with Crippen molar-refractivity contribution in [1.82, 2.24) is 4.90 Å². The van der Waals surface area contributed by atoms with E-state index in [0.717, 1.165) is 19.3 Å². The van der Waals surface area contributed by atoms with E-state index in [1.165, 1.54) is 0 Å². The molecule has 6 N–H and O–H groups in total. The average Bonchev–Trinajstić information content (AvgIpc) is 2.23. The molecule has 0 rings (SSSR count). The molecule has 0 saturated heterocycles. The van der Waals surface area contributed by atoms with Gasteiger partial charge in [0.1, 0.15) is 0 Å². The zero-order chi connectivity index (χ0) is 15.3. The second kappa shape index (κ2) is 10.9. The molecule has 0 fully saturated rings. The second-order valence-electron chi connectivity index (χ2n) is 4.60. The Kier molecular flexibility index (Phi) is 14.0. The van der Waals surface area contributed by atoms with Crippen LogP contribution in [0.1, 0.15) is 32.6 Å². The van der Waals surface area contributed by atoms with Crippen molar-refractivity contribution >= 4 is 15.2 Å². The van der Waals surface area contributed by atoms with Gasteiger partial charge in [-0.05, 0) is 20.0 Å². The van der Waals surface area contributed by atoms with Crippen molar-refractivity contribution in [3.05, 3.63) is 0 Å². The van der Waals surface area contributed by atoms with Gasteiger partial charge in [-0.15, -0.1) is 0 Å². The molecule has 21 heavy (non-hydrogen) atoms. The second-order valence-corrected chi connectivity index (χ2v) is 8.56. The predicted molar refractivity (Wildman–Crippen MR) is 72.1 cm³/mol. The summed E-state index contributed by atoms with van der Waals surface area (Å²) in [6.07, 6.45) is 2.09. The Labute approximate surface area is 146 Å². The van der Waals surface area contributed by atoms with Crippen molar-refractivity contribution in [3.63, 3.8) is 0 Å². The van der Waals surface area contributed by atoms with Gasteiger partial charge in [0, 0.05) is 13.0 Å². The molecule has 0 aliphatic heterocycles. The zero-order valence-corrected chi connectivity index (χ0v) is 16.4. The van der Waals surface area contributed by atoms with E-state index in [-0.39, 0.29) is 41.6 Å². The van der Waals surface area contributed by atoms with Crippen molar-refractivity contribution in [2.75, 3.05) is 20.1 Å². The Morgan fingerprint density at radius 2 is 1.62 bits per heavy atom. The van der Waals surface area contributed by atoms with Gasteiger partial charge in [0.25, 0.3) is 0 Å². The summed E-state index contributed by atoms with van der Waals surface area (Å²) >= 11 is 0. The summed E-state index contributed by atoms with van der Waals surface area (Å²) in [5.74, 6) is 0. The minimum atomic E-state index is -5.58. The monoisotopic (exact) mass is 359 g/mol. The molecule has 0 aromatic carbocycles. The molecular formula is C9H24NNaO8P2. The fraction of sp³-hybridized carbons (Fsp3) is 1.00. The first-order valence-corrected chi connectivity index (χ1v) is 9.15. The first kappa shape index (κ1) is 27.0. The Hall–Kier alpha value is 1.18. The summed E-state index contributed by atoms with van der Waals surface area (Å²) < 4.78 is 22.1. The average molecular weight is 359 g/mol. The molecule has 124 valence electrons. The van der Waals surface area contributed by atoms with Gasteiger partial charge in [0.05, 0.1) is 0 Å². The number of rotatable bonds is 9. The van der Waals surface area contributed by atoms with Crippen LogP contribution in [-0.2, 0) is 9.13 Å². The maximum absolute atomic E-state index is 11.1. The van der Waals surface area contributed by atoms with Crippen molar-refractivity contribution in [1.29, 1.82) is 0 Å². The van der Waals surface area contributed by atoms with Gasteiger partial charge in [-0.2, -0.15) is 0 Å². The molecule has 0 aliphatic carbocycles. The fourth-order valence-electron chi connectivity index (χ4n) is 1.54. The summed E-state index contributed by atoms with van der Waals surface area (Å²) in [5.41, 5.74) is 0. The van der Waals surface area contributed by atoms with Crippen LogP contribution in [0, 0.1) is 0 Å². The molecule has 0 aliphatic rings. The van der Waals surface area contributed by atoms with E-state index in [9.17, 15) is 19.1 Å². The van der Waals surface area contributed by atoms with Gasteiger partial charge in [-0.25, -0.2) is 0 Å². The van der Waals surface area contributed by atoms with Crippen LogP contribution < -0.4 is 34.5 Å². The molecule has 0 radical (unpaired) electrons. The first-order chi connectivity index (χ1) is 8.45. The summed E-state index contributed by atoms with van der Waals surface area (Å²) in [6, 6.07) is 0. The Bertz CT molecular complexity index is 349. The maximum atomic E-state index is 11.1. The predicted octanol–water partition coefficient (Wildman–Crippen LogP) is -3.95. The number of unbranched alkanes of at least 4 members (excludes halogenated alkanes) is 2. The van der Waals surface area contributed by atoms with Gasteiger partial charge in [0.2, 0.25) is 5.08 Å². The van der Waals surface area contributed by atoms with Crippen LogP contribution in [0.25, 0.3) is 0 Å². The summed E-state index contributed by atoms with van der Waals surface area (Å²) in [7, 11) is -9.33. The van der Waals surface area contributed by atoms with Crippen LogP contribution in [0.4, 0.5) is 0 Å². The molecule has 2 unspecified atom stereocenters. The molecule has 0 aromatic heterocycles. The van der Waals surface area contributed by atoms with E-state index in [1.807, 2.05) is 6.92 Å². The van der Waals surface area contributed by atoms with Crippen LogP contribution in [0.15, 0.2) is 0 Å². The van der Waals surface area contributed by atoms with E-state index in [0.29, 0.717) is 6.54 Å². The largest absolute Gasteiger partial charge is 1.00 e. The normalized spacial score (nSPS) is 17.3. The minimum Gasteiger partial charge on any atom is -0.776 e. The third kappa shape index (κ3) is 8.55. The topological polar surface area (TPSA) is 173 Å². The number of aliphatic hydroxyl groups is 1. The van der Waals surface area contributed by atoms with E-state index < -0.39 is 26.7 Å². The maximum Gasteiger partial charge on any atom is 1.00 e. The Balaban J connectivity index is -0.00000162. The van der Waals surface area contributed by atoms with E-state index in [4.69, 9.17) is 14.7 Å². The fourth-order valence-corrected chi connectivity index (χ4v) is 3.63. The van der Waals surface area contributed by atoms with Crippen molar-refractivity contribution in [3.8, 4) is 0 Å². The Morgan fingerprint density at radius 3 is 1.95 bits per heavy atom. The van der Waals surface area contributed by atoms with E-state index >= 15 is 0 Å². The van der Waals surface area contributed by atoms with Gasteiger partial charge >= 0.3 is 37.2 Å². The SMILES string of the molecule is CCCCCN(C)CCC(O)(P(=O)([O-])O)P(=O)(O)O.O.[Na+]. The van der Waals surface area contributed by atoms with Crippen LogP contribution in [-0.4, -0.2) is 55.4 Å². The third-order valence-electron chi connectivity index (χ3n) is 2.89. The molecule has 0 amide bonds. The number of hydrogen-bond acceptors (Lipinski definition) is 5. The molecule has 12 heteroatoms. The summed E-state index contributed by atoms with van der Waals surface area (Å²) in [4.78, 5) is 39.3. The standard InChI is InChI=1S/C9H23NO7P2.Na.H2O/c1-3-4-5-7-10(2)8-6-9(11,18(12,13)14)19(15,16)17;;/h11H,3-8H2,1-2H3,(H2,12,13,14)(H2,15,16,17);;1H2/q;+1;/p-1. The van der Waals surface area contributed by atoms with E-state index in [2.05, 4.69) is 0 Å². The van der Waals surface area contributed by atoms with Crippen molar-refractivity contribution in [2.45, 2.75) is 37.7 Å².